The van der Waals surface area contributed by atoms with Crippen LogP contribution in [0.2, 0.25) is 0 Å². The Labute approximate surface area is 128 Å². The Morgan fingerprint density at radius 1 is 1.22 bits per heavy atom. The van der Waals surface area contributed by atoms with Gasteiger partial charge in [0.1, 0.15) is 5.75 Å². The van der Waals surface area contributed by atoms with E-state index in [9.17, 15) is 33.8 Å². The molecule has 0 bridgehead atoms. The molecule has 1 atom stereocenters. The fraction of sp³-hybridized carbons (Fsp3) is 0.417. The monoisotopic (exact) mass is 334 g/mol. The SMILES string of the molecule is CCC(C)c1cc([N+](=O)[O-])c([N+](=O)[O-])cc1OC(=O)OC(F)F. The highest BCUT2D eigenvalue weighted by Crippen LogP contribution is 2.38. The van der Waals surface area contributed by atoms with Gasteiger partial charge in [-0.15, -0.1) is 0 Å². The predicted molar refractivity (Wildman–Crippen MR) is 71.6 cm³/mol. The van der Waals surface area contributed by atoms with Crippen LogP contribution >= 0.6 is 0 Å². The summed E-state index contributed by atoms with van der Waals surface area (Å²) in [4.78, 5) is 31.0. The van der Waals surface area contributed by atoms with Crippen LogP contribution in [-0.4, -0.2) is 22.6 Å². The Kier molecular flexibility index (Phi) is 5.87. The van der Waals surface area contributed by atoms with Gasteiger partial charge in [-0.05, 0) is 12.3 Å². The standard InChI is InChI=1S/C12H12F2N2O7/c1-3-6(2)7-4-8(15(18)19)9(16(20)21)5-10(7)22-12(17)23-11(13)14/h4-6,11H,3H2,1-2H3. The number of carbonyl (C=O) groups is 1. The molecule has 23 heavy (non-hydrogen) atoms. The molecule has 126 valence electrons. The molecule has 1 rings (SSSR count). The van der Waals surface area contributed by atoms with Gasteiger partial charge in [0.2, 0.25) is 0 Å². The van der Waals surface area contributed by atoms with Crippen molar-refractivity contribution in [2.24, 2.45) is 0 Å². The predicted octanol–water partition coefficient (Wildman–Crippen LogP) is 3.75. The van der Waals surface area contributed by atoms with E-state index in [1.54, 1.807) is 13.8 Å². The summed E-state index contributed by atoms with van der Waals surface area (Å²) in [5.41, 5.74) is -1.63. The van der Waals surface area contributed by atoms with E-state index in [0.717, 1.165) is 6.07 Å². The van der Waals surface area contributed by atoms with Crippen LogP contribution < -0.4 is 4.74 Å². The molecule has 1 aromatic rings. The number of ether oxygens (including phenoxy) is 2. The van der Waals surface area contributed by atoms with Gasteiger partial charge in [0.15, 0.2) is 0 Å². The zero-order chi connectivity index (χ0) is 17.7. The van der Waals surface area contributed by atoms with Crippen molar-refractivity contribution in [1.82, 2.24) is 0 Å². The molecule has 0 saturated carbocycles. The van der Waals surface area contributed by atoms with E-state index >= 15 is 0 Å². The van der Waals surface area contributed by atoms with Crippen molar-refractivity contribution < 1.29 is 32.9 Å². The van der Waals surface area contributed by atoms with Crippen molar-refractivity contribution in [1.29, 1.82) is 0 Å². The second-order valence-corrected chi connectivity index (χ2v) is 4.43. The fourth-order valence-corrected chi connectivity index (χ4v) is 1.75. The number of alkyl halides is 2. The average molecular weight is 334 g/mol. The van der Waals surface area contributed by atoms with Gasteiger partial charge in [-0.1, -0.05) is 13.8 Å². The molecule has 0 aromatic heterocycles. The summed E-state index contributed by atoms with van der Waals surface area (Å²) in [6.45, 7) is -0.0855. The second kappa shape index (κ2) is 7.42. The maximum atomic E-state index is 12.0. The Bertz CT molecular complexity index is 636. The summed E-state index contributed by atoms with van der Waals surface area (Å²) in [7, 11) is 0. The first-order valence-corrected chi connectivity index (χ1v) is 6.30. The third-order valence-corrected chi connectivity index (χ3v) is 3.02. The van der Waals surface area contributed by atoms with Crippen molar-refractivity contribution in [3.63, 3.8) is 0 Å². The molecule has 0 aliphatic carbocycles. The van der Waals surface area contributed by atoms with Crippen LogP contribution in [0.1, 0.15) is 31.7 Å². The van der Waals surface area contributed by atoms with Gasteiger partial charge in [0.05, 0.1) is 15.9 Å². The third kappa shape index (κ3) is 4.56. The Balaban J connectivity index is 3.40. The second-order valence-electron chi connectivity index (χ2n) is 4.43. The minimum Gasteiger partial charge on any atom is -0.394 e. The van der Waals surface area contributed by atoms with E-state index in [0.29, 0.717) is 12.5 Å². The Morgan fingerprint density at radius 2 is 1.74 bits per heavy atom. The van der Waals surface area contributed by atoms with Gasteiger partial charge in [0, 0.05) is 11.6 Å². The highest BCUT2D eigenvalue weighted by Gasteiger charge is 2.30. The first kappa shape index (κ1) is 18.2. The molecule has 9 nitrogen and oxygen atoms in total. The lowest BCUT2D eigenvalue weighted by Crippen LogP contribution is -2.15. The summed E-state index contributed by atoms with van der Waals surface area (Å²) < 4.78 is 32.0. The van der Waals surface area contributed by atoms with Gasteiger partial charge in [0.25, 0.3) is 0 Å². The molecule has 0 N–H and O–H groups in total. The van der Waals surface area contributed by atoms with E-state index in [1.165, 1.54) is 0 Å². The lowest BCUT2D eigenvalue weighted by molar-refractivity contribution is -0.422. The number of carbonyl (C=O) groups excluding carboxylic acids is 1. The maximum absolute atomic E-state index is 12.0. The average Bonchev–Trinajstić information content (AvgIpc) is 2.44. The molecule has 1 unspecified atom stereocenters. The molecule has 0 aliphatic rings. The fourth-order valence-electron chi connectivity index (χ4n) is 1.75. The van der Waals surface area contributed by atoms with Crippen LogP contribution in [0.5, 0.6) is 5.75 Å². The van der Waals surface area contributed by atoms with Crippen molar-refractivity contribution >= 4 is 17.5 Å². The van der Waals surface area contributed by atoms with Gasteiger partial charge in [-0.25, -0.2) is 4.79 Å². The Hall–Kier alpha value is -2.85. The highest BCUT2D eigenvalue weighted by atomic mass is 19.3. The topological polar surface area (TPSA) is 122 Å². The number of hydrogen-bond donors (Lipinski definition) is 0. The number of hydrogen-bond acceptors (Lipinski definition) is 7. The number of nitrogens with zero attached hydrogens (tertiary/aromatic N) is 2. The minimum atomic E-state index is -3.43. The van der Waals surface area contributed by atoms with E-state index in [1.807, 2.05) is 0 Å². The van der Waals surface area contributed by atoms with E-state index in [-0.39, 0.29) is 11.5 Å². The van der Waals surface area contributed by atoms with Gasteiger partial charge >= 0.3 is 24.1 Å². The molecule has 0 spiro atoms. The molecular weight excluding hydrogens is 322 g/mol. The first-order valence-electron chi connectivity index (χ1n) is 6.30. The first-order chi connectivity index (χ1) is 10.7. The summed E-state index contributed by atoms with van der Waals surface area (Å²) in [5.74, 6) is -0.828. The van der Waals surface area contributed by atoms with Gasteiger partial charge in [-0.3, -0.25) is 20.2 Å². The third-order valence-electron chi connectivity index (χ3n) is 3.02. The summed E-state index contributed by atoms with van der Waals surface area (Å²) >= 11 is 0. The zero-order valence-corrected chi connectivity index (χ0v) is 12.0. The van der Waals surface area contributed by atoms with Gasteiger partial charge in [-0.2, -0.15) is 8.78 Å². The normalized spacial score (nSPS) is 11.9. The van der Waals surface area contributed by atoms with Crippen molar-refractivity contribution in [3.8, 4) is 5.75 Å². The maximum Gasteiger partial charge on any atom is 0.518 e. The molecule has 0 radical (unpaired) electrons. The van der Waals surface area contributed by atoms with Crippen LogP contribution in [0.4, 0.5) is 25.0 Å². The lowest BCUT2D eigenvalue weighted by atomic mass is 9.96. The van der Waals surface area contributed by atoms with Crippen molar-refractivity contribution in [2.75, 3.05) is 0 Å². The molecule has 0 saturated heterocycles. The number of halogens is 2. The molecule has 0 fully saturated rings. The van der Waals surface area contributed by atoms with E-state index < -0.39 is 39.7 Å². The minimum absolute atomic E-state index is 0.0935. The summed E-state index contributed by atoms with van der Waals surface area (Å²) in [6, 6.07) is 1.53. The molecule has 0 heterocycles. The van der Waals surface area contributed by atoms with Crippen LogP contribution in [0.15, 0.2) is 12.1 Å². The van der Waals surface area contributed by atoms with E-state index in [4.69, 9.17) is 0 Å². The summed E-state index contributed by atoms with van der Waals surface area (Å²) in [6.07, 6.45) is -1.32. The van der Waals surface area contributed by atoms with Crippen LogP contribution in [-0.2, 0) is 4.74 Å². The highest BCUT2D eigenvalue weighted by molar-refractivity contribution is 5.68. The smallest absolute Gasteiger partial charge is 0.394 e. The zero-order valence-electron chi connectivity index (χ0n) is 12.0. The van der Waals surface area contributed by atoms with E-state index in [2.05, 4.69) is 9.47 Å². The number of nitro groups is 2. The lowest BCUT2D eigenvalue weighted by Gasteiger charge is -2.14. The van der Waals surface area contributed by atoms with Crippen LogP contribution in [0.25, 0.3) is 0 Å². The largest absolute Gasteiger partial charge is 0.518 e. The molecule has 0 amide bonds. The number of rotatable bonds is 6. The Morgan fingerprint density at radius 3 is 2.17 bits per heavy atom. The van der Waals surface area contributed by atoms with Crippen LogP contribution in [0, 0.1) is 20.2 Å². The quantitative estimate of drug-likeness (QED) is 0.336. The number of nitro benzene ring substituents is 2. The molecule has 11 heteroatoms. The van der Waals surface area contributed by atoms with Crippen molar-refractivity contribution in [2.45, 2.75) is 32.8 Å². The number of benzene rings is 1. The molecule has 1 aromatic carbocycles. The molecule has 0 aliphatic heterocycles. The van der Waals surface area contributed by atoms with Crippen LogP contribution in [0.3, 0.4) is 0 Å². The van der Waals surface area contributed by atoms with Crippen molar-refractivity contribution in [3.05, 3.63) is 37.9 Å². The van der Waals surface area contributed by atoms with Gasteiger partial charge < -0.3 is 9.47 Å². The molecular formula is C12H12F2N2O7. The summed E-state index contributed by atoms with van der Waals surface area (Å²) in [5, 5.41) is 21.8.